The predicted octanol–water partition coefficient (Wildman–Crippen LogP) is 4.52. The molecule has 2 aromatic rings. The van der Waals surface area contributed by atoms with Crippen molar-refractivity contribution < 1.29 is 28.9 Å². The lowest BCUT2D eigenvalue weighted by molar-refractivity contribution is -0.119. The molecular formula is C27H32ClFN2O5. The number of carbonyl (C=O) groups excluding carboxylic acids is 1. The molecule has 9 heteroatoms. The molecule has 2 aromatic carbocycles. The molecule has 2 aliphatic heterocycles. The summed E-state index contributed by atoms with van der Waals surface area (Å²) in [6, 6.07) is 7.51. The van der Waals surface area contributed by atoms with Crippen LogP contribution in [-0.4, -0.2) is 59.0 Å². The van der Waals surface area contributed by atoms with Crippen LogP contribution in [0, 0.1) is 11.7 Å². The van der Waals surface area contributed by atoms with Gasteiger partial charge in [-0.15, -0.1) is 0 Å². The monoisotopic (exact) mass is 518 g/mol. The van der Waals surface area contributed by atoms with Crippen molar-refractivity contribution in [2.24, 2.45) is 5.92 Å². The van der Waals surface area contributed by atoms with Gasteiger partial charge in [-0.05, 0) is 37.1 Å². The number of halogens is 2. The molecule has 5 rings (SSSR count). The Labute approximate surface area is 215 Å². The molecule has 1 amide bonds. The Hall–Kier alpha value is -2.55. The summed E-state index contributed by atoms with van der Waals surface area (Å²) in [6.45, 7) is 1.91. The molecule has 2 fully saturated rings. The number of rotatable bonds is 7. The first kappa shape index (κ1) is 25.1. The molecule has 0 radical (unpaired) electrons. The van der Waals surface area contributed by atoms with Gasteiger partial charge in [-0.25, -0.2) is 4.39 Å². The van der Waals surface area contributed by atoms with Crippen LogP contribution in [0.2, 0.25) is 5.02 Å². The number of aliphatic hydroxyl groups is 1. The standard InChI is InChI=1S/C27H32ClFN2O5/c28-21-12-22(30-26(34)17-3-1-2-4-17)25(13-23(21)33)35-16-20(32)15-31-9-7-27(8-10-31)14-18-11-19(29)5-6-24(18)36-27/h5-6,11-13,17,20,32-33H,1-4,7-10,14-16H2,(H,30,34). The Balaban J connectivity index is 1.13. The number of hydrogen-bond acceptors (Lipinski definition) is 6. The first-order valence-corrected chi connectivity index (χ1v) is 13.0. The molecule has 7 nitrogen and oxygen atoms in total. The van der Waals surface area contributed by atoms with Gasteiger partial charge in [0.05, 0.1) is 10.7 Å². The summed E-state index contributed by atoms with van der Waals surface area (Å²) in [5.41, 5.74) is 0.997. The molecule has 1 atom stereocenters. The average molecular weight is 519 g/mol. The lowest BCUT2D eigenvalue weighted by Crippen LogP contribution is -2.49. The number of β-amino-alcohol motifs (C(OH)–C–C–N with tert-alkyl or cyclic N) is 1. The number of anilines is 1. The zero-order valence-corrected chi connectivity index (χ0v) is 20.9. The predicted molar refractivity (Wildman–Crippen MR) is 134 cm³/mol. The van der Waals surface area contributed by atoms with E-state index in [0.29, 0.717) is 18.7 Å². The van der Waals surface area contributed by atoms with Gasteiger partial charge in [-0.1, -0.05) is 24.4 Å². The minimum absolute atomic E-state index is 0.00374. The van der Waals surface area contributed by atoms with Gasteiger partial charge in [0.2, 0.25) is 5.91 Å². The fourth-order valence-corrected chi connectivity index (χ4v) is 5.71. The molecule has 1 unspecified atom stereocenters. The third-order valence-corrected chi connectivity index (χ3v) is 7.86. The van der Waals surface area contributed by atoms with Crippen molar-refractivity contribution in [3.8, 4) is 17.2 Å². The Bertz CT molecular complexity index is 1120. The van der Waals surface area contributed by atoms with E-state index >= 15 is 0 Å². The molecule has 1 aliphatic carbocycles. The highest BCUT2D eigenvalue weighted by molar-refractivity contribution is 6.32. The number of phenolic OH excluding ortho intramolecular Hbond substituents is 1. The number of carbonyl (C=O) groups is 1. The number of aromatic hydroxyl groups is 1. The fourth-order valence-electron chi connectivity index (χ4n) is 5.54. The summed E-state index contributed by atoms with van der Waals surface area (Å²) in [7, 11) is 0. The largest absolute Gasteiger partial charge is 0.506 e. The minimum atomic E-state index is -0.772. The molecule has 1 spiro atoms. The highest BCUT2D eigenvalue weighted by Gasteiger charge is 2.42. The third-order valence-electron chi connectivity index (χ3n) is 7.56. The van der Waals surface area contributed by atoms with Gasteiger partial charge in [-0.2, -0.15) is 0 Å². The van der Waals surface area contributed by atoms with Crippen molar-refractivity contribution >= 4 is 23.2 Å². The van der Waals surface area contributed by atoms with E-state index < -0.39 is 6.10 Å². The summed E-state index contributed by atoms with van der Waals surface area (Å²) in [5.74, 6) is 0.517. The van der Waals surface area contributed by atoms with Crippen LogP contribution >= 0.6 is 11.6 Å². The van der Waals surface area contributed by atoms with Crippen molar-refractivity contribution in [3.05, 3.63) is 46.7 Å². The Kier molecular flexibility index (Phi) is 7.28. The Morgan fingerprint density at radius 2 is 2.00 bits per heavy atom. The van der Waals surface area contributed by atoms with E-state index in [9.17, 15) is 19.4 Å². The maximum absolute atomic E-state index is 13.6. The number of nitrogens with zero attached hydrogens (tertiary/aromatic N) is 1. The quantitative estimate of drug-likeness (QED) is 0.467. The van der Waals surface area contributed by atoms with Crippen molar-refractivity contribution in [2.45, 2.75) is 56.7 Å². The van der Waals surface area contributed by atoms with Crippen LogP contribution in [0.3, 0.4) is 0 Å². The van der Waals surface area contributed by atoms with Crippen molar-refractivity contribution in [1.82, 2.24) is 4.90 Å². The van der Waals surface area contributed by atoms with Crippen LogP contribution in [0.15, 0.2) is 30.3 Å². The highest BCUT2D eigenvalue weighted by atomic mass is 35.5. The molecule has 1 saturated carbocycles. The molecule has 0 bridgehead atoms. The number of fused-ring (bicyclic) bond motifs is 1. The van der Waals surface area contributed by atoms with Crippen LogP contribution in [0.1, 0.15) is 44.1 Å². The normalized spacial score (nSPS) is 20.2. The SMILES string of the molecule is O=C(Nc1cc(Cl)c(O)cc1OCC(O)CN1CCC2(CC1)Cc1cc(F)ccc1O2)C1CCCC1. The van der Waals surface area contributed by atoms with E-state index in [1.807, 2.05) is 0 Å². The topological polar surface area (TPSA) is 91.3 Å². The summed E-state index contributed by atoms with van der Waals surface area (Å²) < 4.78 is 25.6. The van der Waals surface area contributed by atoms with E-state index in [-0.39, 0.29) is 46.4 Å². The van der Waals surface area contributed by atoms with E-state index in [1.54, 1.807) is 12.1 Å². The van der Waals surface area contributed by atoms with E-state index in [1.165, 1.54) is 18.2 Å². The molecule has 3 aliphatic rings. The number of phenols is 1. The maximum Gasteiger partial charge on any atom is 0.227 e. The van der Waals surface area contributed by atoms with Gasteiger partial charge in [-0.3, -0.25) is 4.79 Å². The minimum Gasteiger partial charge on any atom is -0.506 e. The third kappa shape index (κ3) is 5.56. The fraction of sp³-hybridized carbons (Fsp3) is 0.519. The number of benzene rings is 2. The zero-order valence-electron chi connectivity index (χ0n) is 20.1. The van der Waals surface area contributed by atoms with Crippen LogP contribution in [0.5, 0.6) is 17.2 Å². The summed E-state index contributed by atoms with van der Waals surface area (Å²) in [6.07, 6.45) is 5.31. The van der Waals surface area contributed by atoms with Crippen LogP contribution in [0.4, 0.5) is 10.1 Å². The zero-order chi connectivity index (χ0) is 25.3. The number of piperidine rings is 1. The molecule has 194 valence electrons. The van der Waals surface area contributed by atoms with Gasteiger partial charge in [0.15, 0.2) is 0 Å². The number of ether oxygens (including phenoxy) is 2. The van der Waals surface area contributed by atoms with E-state index in [4.69, 9.17) is 21.1 Å². The summed E-state index contributed by atoms with van der Waals surface area (Å²) in [4.78, 5) is 14.8. The maximum atomic E-state index is 13.6. The smallest absolute Gasteiger partial charge is 0.227 e. The summed E-state index contributed by atoms with van der Waals surface area (Å²) >= 11 is 6.07. The number of nitrogens with one attached hydrogen (secondary N) is 1. The first-order valence-electron chi connectivity index (χ1n) is 12.6. The lowest BCUT2D eigenvalue weighted by atomic mass is 9.87. The van der Waals surface area contributed by atoms with Crippen LogP contribution in [0.25, 0.3) is 0 Å². The number of aliphatic hydroxyl groups excluding tert-OH is 1. The number of amides is 1. The molecule has 0 aromatic heterocycles. The molecule has 3 N–H and O–H groups in total. The van der Waals surface area contributed by atoms with Gasteiger partial charge >= 0.3 is 0 Å². The lowest BCUT2D eigenvalue weighted by Gasteiger charge is -2.39. The average Bonchev–Trinajstić information content (AvgIpc) is 3.50. The van der Waals surface area contributed by atoms with Crippen LogP contribution < -0.4 is 14.8 Å². The second-order valence-corrected chi connectivity index (χ2v) is 10.7. The van der Waals surface area contributed by atoms with Gasteiger partial charge in [0.25, 0.3) is 0 Å². The van der Waals surface area contributed by atoms with Gasteiger partial charge in [0.1, 0.15) is 41.4 Å². The van der Waals surface area contributed by atoms with Crippen molar-refractivity contribution in [1.29, 1.82) is 0 Å². The Morgan fingerprint density at radius 1 is 1.25 bits per heavy atom. The number of likely N-dealkylation sites (tertiary alicyclic amines) is 1. The van der Waals surface area contributed by atoms with Crippen LogP contribution in [-0.2, 0) is 11.2 Å². The van der Waals surface area contributed by atoms with Crippen molar-refractivity contribution in [2.75, 3.05) is 31.6 Å². The molecule has 2 heterocycles. The molecule has 1 saturated heterocycles. The number of hydrogen-bond donors (Lipinski definition) is 3. The molecule has 36 heavy (non-hydrogen) atoms. The second kappa shape index (κ2) is 10.4. The van der Waals surface area contributed by atoms with Crippen molar-refractivity contribution in [3.63, 3.8) is 0 Å². The van der Waals surface area contributed by atoms with Gasteiger partial charge < -0.3 is 29.9 Å². The van der Waals surface area contributed by atoms with Gasteiger partial charge in [0, 0.05) is 56.4 Å². The summed E-state index contributed by atoms with van der Waals surface area (Å²) in [5, 5.41) is 23.7. The highest BCUT2D eigenvalue weighted by Crippen LogP contribution is 2.41. The second-order valence-electron chi connectivity index (χ2n) is 10.2. The first-order chi connectivity index (χ1) is 17.3. The molecular weight excluding hydrogens is 487 g/mol. The van der Waals surface area contributed by atoms with E-state index in [0.717, 1.165) is 62.9 Å². The van der Waals surface area contributed by atoms with E-state index in [2.05, 4.69) is 10.2 Å². The Morgan fingerprint density at radius 3 is 2.75 bits per heavy atom.